The fraction of sp³-hybridized carbons (Fsp3) is 0.167. The molecule has 0 N–H and O–H groups in total. The largest absolute Gasteiger partial charge is 2.00 e. The van der Waals surface area contributed by atoms with Crippen LogP contribution in [-0.4, -0.2) is 26.3 Å². The fourth-order valence-electron chi connectivity index (χ4n) is 3.24. The molecule has 1 aliphatic rings. The zero-order valence-corrected chi connectivity index (χ0v) is 20.2. The second-order valence-corrected chi connectivity index (χ2v) is 7.54. The van der Waals surface area contributed by atoms with E-state index in [2.05, 4.69) is 54.0 Å². The van der Waals surface area contributed by atoms with Crippen LogP contribution in [0.2, 0.25) is 0 Å². The summed E-state index contributed by atoms with van der Waals surface area (Å²) in [6.07, 6.45) is 0. The molecule has 0 amide bonds. The van der Waals surface area contributed by atoms with Gasteiger partial charge < -0.3 is 4.85 Å². The number of aliphatic imine (C=N–C) groups is 2. The summed E-state index contributed by atoms with van der Waals surface area (Å²) in [5.74, 6) is 0.615. The molecular weight excluding hydrogens is 609 g/mol. The van der Waals surface area contributed by atoms with Gasteiger partial charge in [0, 0.05) is 0 Å². The van der Waals surface area contributed by atoms with E-state index >= 15 is 0 Å². The molecule has 9 nitrogen and oxygen atoms in total. The zero-order chi connectivity index (χ0) is 23.6. The Labute approximate surface area is 210 Å². The van der Waals surface area contributed by atoms with E-state index in [1.165, 1.54) is 4.68 Å². The van der Waals surface area contributed by atoms with Crippen LogP contribution in [0.5, 0.6) is 0 Å². The molecule has 10 heteroatoms. The van der Waals surface area contributed by atoms with Gasteiger partial charge in [-0.1, -0.05) is 10.7 Å². The van der Waals surface area contributed by atoms with Crippen molar-refractivity contribution in [3.63, 3.8) is 0 Å². The molecule has 34 heavy (non-hydrogen) atoms. The average molecular weight is 623 g/mol. The predicted molar refractivity (Wildman–Crippen MR) is 119 cm³/mol. The molecule has 0 bridgehead atoms. The third-order valence-corrected chi connectivity index (χ3v) is 5.03. The van der Waals surface area contributed by atoms with E-state index in [1.807, 2.05) is 0 Å². The quantitative estimate of drug-likeness (QED) is 0.406. The van der Waals surface area contributed by atoms with E-state index in [0.717, 1.165) is 0 Å². The van der Waals surface area contributed by atoms with Gasteiger partial charge in [0.25, 0.3) is 0 Å². The van der Waals surface area contributed by atoms with E-state index in [0.29, 0.717) is 28.3 Å². The Morgan fingerprint density at radius 2 is 1.85 bits per heavy atom. The van der Waals surface area contributed by atoms with Crippen LogP contribution < -0.4 is 0 Å². The van der Waals surface area contributed by atoms with Crippen molar-refractivity contribution < 1.29 is 21.1 Å². The van der Waals surface area contributed by atoms with Crippen molar-refractivity contribution in [2.45, 2.75) is 25.3 Å². The normalized spacial score (nSPS) is 14.5. The molecular formula is C24H13N9Pt. The average Bonchev–Trinajstić information content (AvgIpc) is 3.49. The molecule has 1 atom stereocenters. The molecule has 164 valence electrons. The maximum Gasteiger partial charge on any atom is 2.00 e. The second-order valence-electron chi connectivity index (χ2n) is 7.54. The van der Waals surface area contributed by atoms with Crippen molar-refractivity contribution in [3.8, 4) is 17.8 Å². The zero-order valence-electron chi connectivity index (χ0n) is 17.9. The number of aromatic nitrogens is 3. The Hall–Kier alpha value is -4.43. The van der Waals surface area contributed by atoms with Crippen LogP contribution in [0.1, 0.15) is 36.8 Å². The predicted octanol–water partition coefficient (Wildman–Crippen LogP) is 4.23. The van der Waals surface area contributed by atoms with Crippen molar-refractivity contribution in [2.75, 3.05) is 0 Å². The third kappa shape index (κ3) is 4.26. The summed E-state index contributed by atoms with van der Waals surface area (Å²) < 4.78 is 1.32. The summed E-state index contributed by atoms with van der Waals surface area (Å²) in [6, 6.07) is 19.1. The first kappa shape index (κ1) is 24.2. The molecule has 4 rings (SSSR count). The van der Waals surface area contributed by atoms with Crippen LogP contribution in [0.15, 0.2) is 46.4 Å². The number of amidine groups is 1. The topological polar surface area (TPSA) is 112 Å². The number of hydrogen-bond donors (Lipinski definition) is 0. The van der Waals surface area contributed by atoms with Crippen LogP contribution in [0, 0.1) is 47.9 Å². The van der Waals surface area contributed by atoms with Crippen LogP contribution >= 0.6 is 0 Å². The number of benzene rings is 2. The molecule has 1 unspecified atom stereocenters. The Morgan fingerprint density at radius 1 is 1.09 bits per heavy atom. The van der Waals surface area contributed by atoms with Crippen LogP contribution in [-0.2, 0) is 26.5 Å². The molecule has 2 aromatic carbocycles. The fourth-order valence-corrected chi connectivity index (χ4v) is 3.24. The first-order valence-electron chi connectivity index (χ1n) is 9.64. The van der Waals surface area contributed by atoms with Crippen molar-refractivity contribution in [1.29, 1.82) is 10.5 Å². The molecule has 2 heterocycles. The molecule has 0 aliphatic carbocycles. The summed E-state index contributed by atoms with van der Waals surface area (Å²) in [7, 11) is 0. The van der Waals surface area contributed by atoms with Crippen LogP contribution in [0.4, 0.5) is 11.6 Å². The number of nitrogens with zero attached hydrogens (tertiary/aromatic N) is 9. The minimum atomic E-state index is -0.939. The second kappa shape index (κ2) is 9.60. The molecule has 0 saturated heterocycles. The first-order valence-corrected chi connectivity index (χ1v) is 9.64. The van der Waals surface area contributed by atoms with Gasteiger partial charge in [-0.3, -0.25) is 9.84 Å². The molecule has 0 fully saturated rings. The molecule has 1 aliphatic heterocycles. The van der Waals surface area contributed by atoms with Crippen molar-refractivity contribution in [1.82, 2.24) is 14.8 Å². The van der Waals surface area contributed by atoms with Crippen molar-refractivity contribution >= 4 is 23.2 Å². The molecule has 1 aromatic heterocycles. The van der Waals surface area contributed by atoms with Gasteiger partial charge in [-0.05, 0) is 19.5 Å². The summed E-state index contributed by atoms with van der Waals surface area (Å²) in [5, 5.41) is 23.3. The van der Waals surface area contributed by atoms with Gasteiger partial charge in [0.1, 0.15) is 29.1 Å². The monoisotopic (exact) mass is 622 g/mol. The van der Waals surface area contributed by atoms with Gasteiger partial charge >= 0.3 is 27.0 Å². The van der Waals surface area contributed by atoms with Gasteiger partial charge in [-0.15, -0.1) is 35.3 Å². The summed E-state index contributed by atoms with van der Waals surface area (Å²) >= 11 is 0. The Morgan fingerprint density at radius 3 is 2.53 bits per heavy atom. The molecule has 0 radical (unpaired) electrons. The van der Waals surface area contributed by atoms with Crippen molar-refractivity contribution in [3.05, 3.63) is 88.3 Å². The summed E-state index contributed by atoms with van der Waals surface area (Å²) in [6.45, 7) is 18.3. The maximum atomic E-state index is 9.63. The third-order valence-electron chi connectivity index (χ3n) is 5.03. The van der Waals surface area contributed by atoms with Gasteiger partial charge in [0.2, 0.25) is 5.82 Å². The van der Waals surface area contributed by atoms with E-state index in [9.17, 15) is 10.5 Å². The summed E-state index contributed by atoms with van der Waals surface area (Å²) in [5.41, 5.74) is 1.03. The molecule has 0 saturated carbocycles. The SMILES string of the molecule is [C-]#[N+]c1cc[c-]c(-n2nc(C(C)(C)C3=NC(c4[c-]ccc(C#N)c4)C(C#N)=N3)nc2[N+]#[C-])c1.[Pt+2]. The summed E-state index contributed by atoms with van der Waals surface area (Å²) in [4.78, 5) is 20.3. The Kier molecular flexibility index (Phi) is 6.83. The van der Waals surface area contributed by atoms with Gasteiger partial charge in [0.05, 0.1) is 18.3 Å². The number of rotatable bonds is 4. The smallest absolute Gasteiger partial charge is 0.395 e. The Balaban J connectivity index is 0.00000324. The maximum absolute atomic E-state index is 9.63. The van der Waals surface area contributed by atoms with Gasteiger partial charge in [-0.25, -0.2) is 4.99 Å². The first-order chi connectivity index (χ1) is 15.9. The standard InChI is InChI=1S/C24H13N9.Pt/c1-24(2,21-29-19(14-26)20(30-21)16-8-5-7-15(11-16)13-25)22-31-23(28-4)33(32-22)18-10-6-9-17(12-18)27-3;/h5-7,9,11-12,20H,1-2H3;/q-2;+2. The minimum Gasteiger partial charge on any atom is -0.395 e. The van der Waals surface area contributed by atoms with E-state index in [4.69, 9.17) is 13.1 Å². The number of hydrogen-bond acceptors (Lipinski definition) is 6. The molecule has 3 aromatic rings. The van der Waals surface area contributed by atoms with E-state index < -0.39 is 11.5 Å². The van der Waals surface area contributed by atoms with E-state index in [-0.39, 0.29) is 38.5 Å². The van der Waals surface area contributed by atoms with Crippen molar-refractivity contribution in [2.24, 2.45) is 9.98 Å². The number of nitriles is 2. The van der Waals surface area contributed by atoms with Crippen LogP contribution in [0.3, 0.4) is 0 Å². The van der Waals surface area contributed by atoms with Gasteiger partial charge in [0.15, 0.2) is 0 Å². The van der Waals surface area contributed by atoms with Gasteiger partial charge in [-0.2, -0.15) is 45.5 Å². The van der Waals surface area contributed by atoms with E-state index in [1.54, 1.807) is 50.2 Å². The van der Waals surface area contributed by atoms with Crippen LogP contribution in [0.25, 0.3) is 15.4 Å². The minimum absolute atomic E-state index is 0. The Bertz CT molecular complexity index is 1500. The molecule has 0 spiro atoms.